The van der Waals surface area contributed by atoms with E-state index in [2.05, 4.69) is 5.41 Å². The third-order valence-corrected chi connectivity index (χ3v) is 1.99. The van der Waals surface area contributed by atoms with E-state index in [1.54, 1.807) is 6.20 Å². The summed E-state index contributed by atoms with van der Waals surface area (Å²) in [6.45, 7) is 2.96. The highest BCUT2D eigenvalue weighted by atomic mass is 32.2. The van der Waals surface area contributed by atoms with Crippen molar-refractivity contribution < 1.29 is 4.21 Å². The largest absolute Gasteiger partial charge is 0.401 e. The molecule has 1 aliphatic rings. The molecule has 0 radical (unpaired) electrons. The van der Waals surface area contributed by atoms with Crippen molar-refractivity contribution in [2.45, 2.75) is 6.92 Å². The SMILES string of the molecule is CCN1C=[C-]S(=O)C1. The van der Waals surface area contributed by atoms with Crippen LogP contribution in [0.3, 0.4) is 0 Å². The second kappa shape index (κ2) is 2.31. The Labute approximate surface area is 51.6 Å². The van der Waals surface area contributed by atoms with Gasteiger partial charge in [-0.05, 0) is 6.92 Å². The van der Waals surface area contributed by atoms with Crippen molar-refractivity contribution >= 4 is 10.8 Å². The van der Waals surface area contributed by atoms with E-state index in [-0.39, 0.29) is 0 Å². The lowest BCUT2D eigenvalue weighted by atomic mass is 10.7. The van der Waals surface area contributed by atoms with E-state index < -0.39 is 10.8 Å². The smallest absolute Gasteiger partial charge is 0.0612 e. The van der Waals surface area contributed by atoms with E-state index in [1.807, 2.05) is 11.8 Å². The van der Waals surface area contributed by atoms with Gasteiger partial charge < -0.3 is 10.3 Å². The fourth-order valence-electron chi connectivity index (χ4n) is 0.541. The predicted molar refractivity (Wildman–Crippen MR) is 33.2 cm³/mol. The third kappa shape index (κ3) is 1.10. The van der Waals surface area contributed by atoms with E-state index in [0.717, 1.165) is 6.54 Å². The zero-order chi connectivity index (χ0) is 5.98. The van der Waals surface area contributed by atoms with Crippen molar-refractivity contribution in [1.82, 2.24) is 4.90 Å². The van der Waals surface area contributed by atoms with Crippen LogP contribution < -0.4 is 0 Å². The van der Waals surface area contributed by atoms with E-state index in [9.17, 15) is 4.21 Å². The van der Waals surface area contributed by atoms with Gasteiger partial charge in [-0.15, -0.1) is 10.8 Å². The summed E-state index contributed by atoms with van der Waals surface area (Å²) in [4.78, 5) is 1.97. The highest BCUT2D eigenvalue weighted by Gasteiger charge is 1.95. The Morgan fingerprint density at radius 1 is 2.00 bits per heavy atom. The molecule has 0 fully saturated rings. The van der Waals surface area contributed by atoms with Crippen molar-refractivity contribution in [3.63, 3.8) is 0 Å². The van der Waals surface area contributed by atoms with Gasteiger partial charge in [-0.1, -0.05) is 0 Å². The molecular weight excluding hydrogens is 122 g/mol. The fraction of sp³-hybridized carbons (Fsp3) is 0.600. The fourth-order valence-corrected chi connectivity index (χ4v) is 1.44. The minimum atomic E-state index is -0.832. The van der Waals surface area contributed by atoms with Gasteiger partial charge in [-0.25, -0.2) is 0 Å². The van der Waals surface area contributed by atoms with E-state index >= 15 is 0 Å². The molecule has 1 heterocycles. The van der Waals surface area contributed by atoms with Crippen LogP contribution in [0.1, 0.15) is 6.92 Å². The molecule has 1 atom stereocenters. The molecule has 0 aromatic carbocycles. The van der Waals surface area contributed by atoms with Crippen LogP contribution in [0.4, 0.5) is 0 Å². The average molecular weight is 130 g/mol. The molecule has 0 aliphatic carbocycles. The summed E-state index contributed by atoms with van der Waals surface area (Å²) in [6.07, 6.45) is 1.76. The van der Waals surface area contributed by atoms with Gasteiger partial charge in [0, 0.05) is 6.54 Å². The summed E-state index contributed by atoms with van der Waals surface area (Å²) >= 11 is 0. The Morgan fingerprint density at radius 2 is 2.75 bits per heavy atom. The van der Waals surface area contributed by atoms with E-state index in [0.29, 0.717) is 5.88 Å². The molecular formula is C5H8NOS-. The second-order valence-corrected chi connectivity index (χ2v) is 2.81. The summed E-state index contributed by atoms with van der Waals surface area (Å²) in [5, 5.41) is 2.69. The first-order valence-corrected chi connectivity index (χ1v) is 3.86. The number of rotatable bonds is 1. The Kier molecular flexibility index (Phi) is 1.68. The van der Waals surface area contributed by atoms with Crippen LogP contribution in [0, 0.1) is 5.41 Å². The summed E-state index contributed by atoms with van der Waals surface area (Å²) in [7, 11) is -0.832. The first-order chi connectivity index (χ1) is 3.83. The topological polar surface area (TPSA) is 20.3 Å². The first-order valence-electron chi connectivity index (χ1n) is 2.55. The molecule has 3 heteroatoms. The molecule has 46 valence electrons. The molecule has 2 nitrogen and oxygen atoms in total. The van der Waals surface area contributed by atoms with Crippen molar-refractivity contribution in [2.75, 3.05) is 12.4 Å². The lowest BCUT2D eigenvalue weighted by molar-refractivity contribution is 0.469. The molecule has 0 aromatic rings. The minimum Gasteiger partial charge on any atom is -0.401 e. The van der Waals surface area contributed by atoms with Gasteiger partial charge in [0.25, 0.3) is 0 Å². The third-order valence-electron chi connectivity index (χ3n) is 1.06. The van der Waals surface area contributed by atoms with E-state index in [1.165, 1.54) is 0 Å². The summed E-state index contributed by atoms with van der Waals surface area (Å²) in [5.74, 6) is 0.635. The molecule has 0 amide bonds. The molecule has 1 aliphatic heterocycles. The average Bonchev–Trinajstić information content (AvgIpc) is 2.14. The maximum Gasteiger partial charge on any atom is 0.0612 e. The molecule has 0 spiro atoms. The molecule has 0 saturated carbocycles. The lowest BCUT2D eigenvalue weighted by Gasteiger charge is -2.13. The van der Waals surface area contributed by atoms with Crippen molar-refractivity contribution in [3.8, 4) is 0 Å². The predicted octanol–water partition coefficient (Wildman–Crippen LogP) is 0.302. The van der Waals surface area contributed by atoms with Crippen LogP contribution in [-0.4, -0.2) is 21.5 Å². The Balaban J connectivity index is 2.46. The van der Waals surface area contributed by atoms with Crippen LogP contribution >= 0.6 is 0 Å². The maximum atomic E-state index is 10.5. The number of nitrogens with zero attached hydrogens (tertiary/aromatic N) is 1. The minimum absolute atomic E-state index is 0.635. The highest BCUT2D eigenvalue weighted by Crippen LogP contribution is 2.01. The molecule has 0 aromatic heterocycles. The lowest BCUT2D eigenvalue weighted by Crippen LogP contribution is -2.14. The van der Waals surface area contributed by atoms with Crippen molar-refractivity contribution in [1.29, 1.82) is 0 Å². The molecule has 0 N–H and O–H groups in total. The van der Waals surface area contributed by atoms with Gasteiger partial charge in [0.05, 0.1) is 5.88 Å². The molecule has 1 unspecified atom stereocenters. The van der Waals surface area contributed by atoms with Gasteiger partial charge in [0.1, 0.15) is 0 Å². The summed E-state index contributed by atoms with van der Waals surface area (Å²) in [5.41, 5.74) is 0. The van der Waals surface area contributed by atoms with Crippen LogP contribution in [0.2, 0.25) is 0 Å². The van der Waals surface area contributed by atoms with Crippen LogP contribution in [0.15, 0.2) is 6.20 Å². The molecule has 1 rings (SSSR count). The number of hydrogen-bond donors (Lipinski definition) is 0. The quantitative estimate of drug-likeness (QED) is 0.476. The molecule has 0 saturated heterocycles. The number of hydrogen-bond acceptors (Lipinski definition) is 2. The normalized spacial score (nSPS) is 27.1. The van der Waals surface area contributed by atoms with Gasteiger partial charge in [-0.3, -0.25) is 4.21 Å². The second-order valence-electron chi connectivity index (χ2n) is 1.63. The Morgan fingerprint density at radius 3 is 3.00 bits per heavy atom. The van der Waals surface area contributed by atoms with E-state index in [4.69, 9.17) is 0 Å². The Bertz CT molecular complexity index is 132. The maximum absolute atomic E-state index is 10.5. The summed E-state index contributed by atoms with van der Waals surface area (Å²) < 4.78 is 10.5. The molecule has 8 heavy (non-hydrogen) atoms. The van der Waals surface area contributed by atoms with Gasteiger partial charge >= 0.3 is 0 Å². The van der Waals surface area contributed by atoms with Gasteiger partial charge in [0.2, 0.25) is 0 Å². The van der Waals surface area contributed by atoms with Gasteiger partial charge in [0.15, 0.2) is 0 Å². The van der Waals surface area contributed by atoms with Gasteiger partial charge in [-0.2, -0.15) is 6.20 Å². The summed E-state index contributed by atoms with van der Waals surface area (Å²) in [6, 6.07) is 0. The Hall–Kier alpha value is -0.310. The standard InChI is InChI=1S/C5H8NOS/c1-2-6-3-4-8(7)5-6/h3H,2,5H2,1H3/q-1. The zero-order valence-electron chi connectivity index (χ0n) is 4.76. The van der Waals surface area contributed by atoms with Crippen molar-refractivity contribution in [3.05, 3.63) is 11.6 Å². The van der Waals surface area contributed by atoms with Crippen LogP contribution in [-0.2, 0) is 10.8 Å². The molecule has 0 bridgehead atoms. The highest BCUT2D eigenvalue weighted by molar-refractivity contribution is 7.86. The van der Waals surface area contributed by atoms with Crippen LogP contribution in [0.25, 0.3) is 0 Å². The monoisotopic (exact) mass is 130 g/mol. The zero-order valence-corrected chi connectivity index (χ0v) is 5.57. The van der Waals surface area contributed by atoms with Crippen LogP contribution in [0.5, 0.6) is 0 Å². The first kappa shape index (κ1) is 5.82. The van der Waals surface area contributed by atoms with Crippen molar-refractivity contribution in [2.24, 2.45) is 0 Å².